The third-order valence-corrected chi connectivity index (χ3v) is 2.75. The first-order valence-electron chi connectivity index (χ1n) is 4.19. The Hall–Kier alpha value is -1.11. The van der Waals surface area contributed by atoms with Gasteiger partial charge in [0.2, 0.25) is 0 Å². The Morgan fingerprint density at radius 2 is 2.00 bits per heavy atom. The van der Waals surface area contributed by atoms with Gasteiger partial charge in [0.25, 0.3) is 5.69 Å². The van der Waals surface area contributed by atoms with E-state index in [1.807, 2.05) is 0 Å². The average molecular weight is 298 g/mol. The predicted molar refractivity (Wildman–Crippen MR) is 55.5 cm³/mol. The number of nitrogens with zero attached hydrogens (tertiary/aromatic N) is 1. The fourth-order valence-corrected chi connectivity index (χ4v) is 1.88. The molecule has 3 nitrogen and oxygen atoms in total. The van der Waals surface area contributed by atoms with Gasteiger partial charge in [-0.15, -0.1) is 0 Å². The minimum absolute atomic E-state index is 0.141. The molecule has 0 aliphatic heterocycles. The maximum Gasteiger partial charge on any atom is 0.416 e. The summed E-state index contributed by atoms with van der Waals surface area (Å²) in [6, 6.07) is 1.97. The molecule has 1 aromatic rings. The van der Waals surface area contributed by atoms with E-state index < -0.39 is 22.4 Å². The number of benzene rings is 1. The van der Waals surface area contributed by atoms with Crippen molar-refractivity contribution in [3.63, 3.8) is 0 Å². The molecule has 0 atom stereocenters. The normalized spacial score (nSPS) is 11.6. The molecule has 0 N–H and O–H groups in total. The van der Waals surface area contributed by atoms with Crippen molar-refractivity contribution in [1.29, 1.82) is 0 Å². The molecule has 1 rings (SSSR count). The largest absolute Gasteiger partial charge is 0.416 e. The van der Waals surface area contributed by atoms with Crippen LogP contribution in [0.15, 0.2) is 12.1 Å². The molecule has 0 amide bonds. The summed E-state index contributed by atoms with van der Waals surface area (Å²) >= 11 is 3.00. The molecule has 88 valence electrons. The lowest BCUT2D eigenvalue weighted by atomic mass is 10.0. The zero-order valence-corrected chi connectivity index (χ0v) is 9.72. The summed E-state index contributed by atoms with van der Waals surface area (Å²) in [6.45, 7) is 1.10. The Morgan fingerprint density at radius 3 is 2.38 bits per heavy atom. The highest BCUT2D eigenvalue weighted by Gasteiger charge is 2.36. The van der Waals surface area contributed by atoms with Crippen LogP contribution in [0.2, 0.25) is 0 Å². The molecule has 0 saturated heterocycles. The summed E-state index contributed by atoms with van der Waals surface area (Å²) in [5, 5.41) is 10.8. The van der Waals surface area contributed by atoms with E-state index in [-0.39, 0.29) is 16.5 Å². The predicted octanol–water partition coefficient (Wildman–Crippen LogP) is 3.82. The van der Waals surface area contributed by atoms with E-state index in [9.17, 15) is 23.3 Å². The van der Waals surface area contributed by atoms with E-state index in [1.54, 1.807) is 0 Å². The number of nitro groups is 1. The quantitative estimate of drug-likeness (QED) is 0.473. The smallest absolute Gasteiger partial charge is 0.258 e. The lowest BCUT2D eigenvalue weighted by molar-refractivity contribution is -0.386. The van der Waals surface area contributed by atoms with Crippen molar-refractivity contribution in [3.05, 3.63) is 38.9 Å². The molecule has 0 fully saturated rings. The van der Waals surface area contributed by atoms with Crippen LogP contribution < -0.4 is 0 Å². The Kier molecular flexibility index (Phi) is 3.57. The Bertz CT molecular complexity index is 431. The van der Waals surface area contributed by atoms with Crippen molar-refractivity contribution in [3.8, 4) is 0 Å². The Morgan fingerprint density at radius 1 is 1.44 bits per heavy atom. The molecule has 0 heterocycles. The van der Waals surface area contributed by atoms with Crippen LogP contribution in [-0.2, 0) is 11.5 Å². The molecule has 0 spiro atoms. The second kappa shape index (κ2) is 4.40. The minimum atomic E-state index is -4.57. The SMILES string of the molecule is Cc1c(C(F)(F)F)ccc(CBr)c1[N+](=O)[O-]. The lowest BCUT2D eigenvalue weighted by Crippen LogP contribution is -2.10. The third kappa shape index (κ3) is 2.34. The van der Waals surface area contributed by atoms with Crippen LogP contribution in [0.1, 0.15) is 16.7 Å². The van der Waals surface area contributed by atoms with E-state index in [0.29, 0.717) is 0 Å². The van der Waals surface area contributed by atoms with Crippen LogP contribution in [0.25, 0.3) is 0 Å². The molecular formula is C9H7BrF3NO2. The number of alkyl halides is 4. The van der Waals surface area contributed by atoms with Crippen molar-refractivity contribution >= 4 is 21.6 Å². The molecular weight excluding hydrogens is 291 g/mol. The number of rotatable bonds is 2. The summed E-state index contributed by atoms with van der Waals surface area (Å²) < 4.78 is 37.5. The Balaban J connectivity index is 3.50. The maximum absolute atomic E-state index is 12.5. The van der Waals surface area contributed by atoms with E-state index in [4.69, 9.17) is 0 Å². The molecule has 0 unspecified atom stereocenters. The number of hydrogen-bond donors (Lipinski definition) is 0. The van der Waals surface area contributed by atoms with Gasteiger partial charge in [0.15, 0.2) is 0 Å². The van der Waals surface area contributed by atoms with Crippen molar-refractivity contribution in [2.45, 2.75) is 18.4 Å². The van der Waals surface area contributed by atoms with Crippen molar-refractivity contribution in [2.75, 3.05) is 0 Å². The highest BCUT2D eigenvalue weighted by molar-refractivity contribution is 9.08. The molecule has 7 heteroatoms. The highest BCUT2D eigenvalue weighted by atomic mass is 79.9. The summed E-state index contributed by atoms with van der Waals surface area (Å²) in [7, 11) is 0. The number of nitro benzene ring substituents is 1. The molecule has 16 heavy (non-hydrogen) atoms. The third-order valence-electron chi connectivity index (χ3n) is 2.15. The second-order valence-corrected chi connectivity index (χ2v) is 3.70. The van der Waals surface area contributed by atoms with Crippen LogP contribution in [0.5, 0.6) is 0 Å². The van der Waals surface area contributed by atoms with Gasteiger partial charge in [-0.25, -0.2) is 0 Å². The topological polar surface area (TPSA) is 43.1 Å². The van der Waals surface area contributed by atoms with E-state index in [2.05, 4.69) is 15.9 Å². The average Bonchev–Trinajstić information content (AvgIpc) is 2.14. The number of halogens is 4. The molecule has 0 bridgehead atoms. The van der Waals surface area contributed by atoms with Gasteiger partial charge in [-0.05, 0) is 13.0 Å². The highest BCUT2D eigenvalue weighted by Crippen LogP contribution is 2.37. The molecule has 1 aromatic carbocycles. The molecule has 0 radical (unpaired) electrons. The maximum atomic E-state index is 12.5. The fourth-order valence-electron chi connectivity index (χ4n) is 1.43. The second-order valence-electron chi connectivity index (χ2n) is 3.13. The van der Waals surface area contributed by atoms with E-state index in [0.717, 1.165) is 19.1 Å². The van der Waals surface area contributed by atoms with Gasteiger partial charge in [0.05, 0.1) is 10.5 Å². The monoisotopic (exact) mass is 297 g/mol. The van der Waals surface area contributed by atoms with Gasteiger partial charge in [0.1, 0.15) is 0 Å². The summed E-state index contributed by atoms with van der Waals surface area (Å²) in [5.41, 5.74) is -1.57. The lowest BCUT2D eigenvalue weighted by Gasteiger charge is -2.11. The molecule has 0 aliphatic rings. The van der Waals surface area contributed by atoms with Crippen LogP contribution in [0.4, 0.5) is 18.9 Å². The summed E-state index contributed by atoms with van der Waals surface area (Å²) in [6.07, 6.45) is -4.57. The van der Waals surface area contributed by atoms with Crippen molar-refractivity contribution in [2.24, 2.45) is 0 Å². The van der Waals surface area contributed by atoms with Crippen LogP contribution >= 0.6 is 15.9 Å². The van der Waals surface area contributed by atoms with Gasteiger partial charge in [-0.1, -0.05) is 22.0 Å². The van der Waals surface area contributed by atoms with Gasteiger partial charge in [0, 0.05) is 16.5 Å². The van der Waals surface area contributed by atoms with Crippen molar-refractivity contribution in [1.82, 2.24) is 0 Å². The van der Waals surface area contributed by atoms with Gasteiger partial charge < -0.3 is 0 Å². The first-order valence-corrected chi connectivity index (χ1v) is 5.31. The van der Waals surface area contributed by atoms with Gasteiger partial charge in [-0.2, -0.15) is 13.2 Å². The molecule has 0 aliphatic carbocycles. The Labute approximate surface area is 97.5 Å². The van der Waals surface area contributed by atoms with E-state index >= 15 is 0 Å². The van der Waals surface area contributed by atoms with Crippen molar-refractivity contribution < 1.29 is 18.1 Å². The first kappa shape index (κ1) is 13.0. The first-order chi connectivity index (χ1) is 7.29. The zero-order chi connectivity index (χ0) is 12.5. The van der Waals surface area contributed by atoms with Crippen LogP contribution in [0.3, 0.4) is 0 Å². The fraction of sp³-hybridized carbons (Fsp3) is 0.333. The van der Waals surface area contributed by atoms with Gasteiger partial charge >= 0.3 is 6.18 Å². The summed E-state index contributed by atoms with van der Waals surface area (Å²) in [4.78, 5) is 9.91. The van der Waals surface area contributed by atoms with E-state index in [1.165, 1.54) is 0 Å². The molecule has 0 saturated carbocycles. The number of hydrogen-bond acceptors (Lipinski definition) is 2. The van der Waals surface area contributed by atoms with Gasteiger partial charge in [-0.3, -0.25) is 10.1 Å². The summed E-state index contributed by atoms with van der Waals surface area (Å²) in [5.74, 6) is 0. The zero-order valence-electron chi connectivity index (χ0n) is 8.14. The molecule has 0 aromatic heterocycles. The van der Waals surface area contributed by atoms with Crippen LogP contribution in [0, 0.1) is 17.0 Å². The minimum Gasteiger partial charge on any atom is -0.258 e. The van der Waals surface area contributed by atoms with Crippen LogP contribution in [-0.4, -0.2) is 4.92 Å². The standard InChI is InChI=1S/C9H7BrF3NO2/c1-5-7(9(11,12)13)3-2-6(4-10)8(5)14(15)16/h2-3H,4H2,1H3.